The fourth-order valence-electron chi connectivity index (χ4n) is 2.98. The van der Waals surface area contributed by atoms with Gasteiger partial charge in [0.05, 0.1) is 11.5 Å². The van der Waals surface area contributed by atoms with Crippen LogP contribution in [-0.4, -0.2) is 35.5 Å². The lowest BCUT2D eigenvalue weighted by molar-refractivity contribution is 0.343. The van der Waals surface area contributed by atoms with Crippen molar-refractivity contribution >= 4 is 33.4 Å². The molecule has 0 bridgehead atoms. The van der Waals surface area contributed by atoms with Crippen molar-refractivity contribution < 1.29 is 13.2 Å². The average Bonchev–Trinajstić information content (AvgIpc) is 3.21. The molecule has 0 aliphatic carbocycles. The maximum atomic E-state index is 11.3. The van der Waals surface area contributed by atoms with Gasteiger partial charge in [0, 0.05) is 22.0 Å². The largest absolute Gasteiger partial charge is 0.493 e. The van der Waals surface area contributed by atoms with Gasteiger partial charge in [0.15, 0.2) is 11.0 Å². The number of sulfonamides is 1. The number of nitrogens with zero attached hydrogens (tertiary/aromatic N) is 3. The third-order valence-electron chi connectivity index (χ3n) is 4.49. The summed E-state index contributed by atoms with van der Waals surface area (Å²) in [6.07, 6.45) is 0. The summed E-state index contributed by atoms with van der Waals surface area (Å²) in [5.74, 6) is 1.89. The third kappa shape index (κ3) is 5.31. The quantitative estimate of drug-likeness (QED) is 0.292. The number of hydrogen-bond donors (Lipinski definition) is 1. The van der Waals surface area contributed by atoms with Crippen molar-refractivity contribution in [2.75, 3.05) is 12.4 Å². The van der Waals surface area contributed by atoms with Crippen LogP contribution in [0.25, 0.3) is 17.1 Å². The lowest BCUT2D eigenvalue weighted by Crippen LogP contribution is -2.11. The first-order valence-corrected chi connectivity index (χ1v) is 12.5. The number of primary sulfonamides is 1. The smallest absolute Gasteiger partial charge is 0.238 e. The number of para-hydroxylation sites is 1. The maximum absolute atomic E-state index is 11.3. The summed E-state index contributed by atoms with van der Waals surface area (Å²) in [5.41, 5.74) is 1.85. The number of aromatic nitrogens is 3. The van der Waals surface area contributed by atoms with Gasteiger partial charge in [-0.2, -0.15) is 0 Å². The first-order valence-electron chi connectivity index (χ1n) is 9.57. The molecule has 4 rings (SSSR count). The molecule has 32 heavy (non-hydrogen) atoms. The standard InChI is InChI=1S/C22H19ClN4O3S2/c23-17-8-6-16(7-9-17)21-25-26-22(27(21)18-4-2-1-3-5-18)31-15-14-30-19-10-12-20(13-11-19)32(24,28)29/h1-13H,14-15H2,(H2,24,28,29). The van der Waals surface area contributed by atoms with E-state index in [1.54, 1.807) is 12.1 Å². The second-order valence-electron chi connectivity index (χ2n) is 6.70. The van der Waals surface area contributed by atoms with E-state index in [0.717, 1.165) is 22.2 Å². The Morgan fingerprint density at radius 1 is 0.938 bits per heavy atom. The van der Waals surface area contributed by atoms with Crippen molar-refractivity contribution in [1.29, 1.82) is 0 Å². The van der Waals surface area contributed by atoms with E-state index in [1.165, 1.54) is 23.9 Å². The van der Waals surface area contributed by atoms with Crippen LogP contribution in [0.3, 0.4) is 0 Å². The van der Waals surface area contributed by atoms with Crippen molar-refractivity contribution in [3.8, 4) is 22.8 Å². The Morgan fingerprint density at radius 3 is 2.28 bits per heavy atom. The van der Waals surface area contributed by atoms with Crippen LogP contribution in [0.4, 0.5) is 0 Å². The Labute approximate surface area is 195 Å². The lowest BCUT2D eigenvalue weighted by Gasteiger charge is -2.11. The van der Waals surface area contributed by atoms with Gasteiger partial charge in [0.25, 0.3) is 0 Å². The van der Waals surface area contributed by atoms with Crippen LogP contribution in [0.15, 0.2) is 88.9 Å². The summed E-state index contributed by atoms with van der Waals surface area (Å²) in [6.45, 7) is 0.400. The van der Waals surface area contributed by atoms with E-state index < -0.39 is 10.0 Å². The summed E-state index contributed by atoms with van der Waals surface area (Å²) in [5, 5.41) is 15.3. The Morgan fingerprint density at radius 2 is 1.62 bits per heavy atom. The van der Waals surface area contributed by atoms with Gasteiger partial charge in [-0.15, -0.1) is 10.2 Å². The van der Waals surface area contributed by atoms with Gasteiger partial charge in [-0.3, -0.25) is 4.57 Å². The molecular formula is C22H19ClN4O3S2. The summed E-state index contributed by atoms with van der Waals surface area (Å²) < 4.78 is 30.4. The van der Waals surface area contributed by atoms with Crippen LogP contribution < -0.4 is 9.88 Å². The fourth-order valence-corrected chi connectivity index (χ4v) is 4.39. The van der Waals surface area contributed by atoms with Crippen molar-refractivity contribution in [2.45, 2.75) is 10.1 Å². The number of thioether (sulfide) groups is 1. The zero-order chi connectivity index (χ0) is 22.6. The number of rotatable bonds is 8. The van der Waals surface area contributed by atoms with Gasteiger partial charge in [0.1, 0.15) is 5.75 Å². The molecule has 4 aromatic rings. The minimum absolute atomic E-state index is 0.0462. The Kier molecular flexibility index (Phi) is 6.80. The number of hydrogen-bond acceptors (Lipinski definition) is 6. The van der Waals surface area contributed by atoms with Crippen molar-refractivity contribution in [2.24, 2.45) is 5.14 Å². The maximum Gasteiger partial charge on any atom is 0.238 e. The number of nitrogens with two attached hydrogens (primary N) is 1. The molecule has 0 saturated heterocycles. The second-order valence-corrected chi connectivity index (χ2v) is 9.76. The molecule has 2 N–H and O–H groups in total. The van der Waals surface area contributed by atoms with Crippen LogP contribution >= 0.6 is 23.4 Å². The molecule has 1 heterocycles. The number of halogens is 1. The Hall–Kier alpha value is -2.85. The van der Waals surface area contributed by atoms with Crippen LogP contribution in [0.5, 0.6) is 5.75 Å². The molecule has 0 spiro atoms. The molecule has 0 amide bonds. The lowest BCUT2D eigenvalue weighted by atomic mass is 10.2. The number of benzene rings is 3. The highest BCUT2D eigenvalue weighted by molar-refractivity contribution is 7.99. The van der Waals surface area contributed by atoms with Crippen LogP contribution in [0.1, 0.15) is 0 Å². The highest BCUT2D eigenvalue weighted by Gasteiger charge is 2.16. The summed E-state index contributed by atoms with van der Waals surface area (Å²) in [7, 11) is -3.72. The van der Waals surface area contributed by atoms with E-state index in [1.807, 2.05) is 59.2 Å². The molecule has 0 unspecified atom stereocenters. The molecule has 7 nitrogen and oxygen atoms in total. The highest BCUT2D eigenvalue weighted by Crippen LogP contribution is 2.28. The van der Waals surface area contributed by atoms with Crippen molar-refractivity contribution in [3.63, 3.8) is 0 Å². The van der Waals surface area contributed by atoms with Gasteiger partial charge in [-0.1, -0.05) is 41.6 Å². The SMILES string of the molecule is NS(=O)(=O)c1ccc(OCCSc2nnc(-c3ccc(Cl)cc3)n2-c2ccccc2)cc1. The van der Waals surface area contributed by atoms with Gasteiger partial charge in [-0.05, 0) is 60.7 Å². The molecule has 1 aromatic heterocycles. The van der Waals surface area contributed by atoms with E-state index >= 15 is 0 Å². The number of ether oxygens (including phenoxy) is 1. The molecule has 0 aliphatic rings. The predicted octanol–water partition coefficient (Wildman–Crippen LogP) is 4.41. The summed E-state index contributed by atoms with van der Waals surface area (Å²) in [4.78, 5) is 0.0462. The topological polar surface area (TPSA) is 100 Å². The highest BCUT2D eigenvalue weighted by atomic mass is 35.5. The molecule has 0 saturated carbocycles. The first kappa shape index (κ1) is 22.3. The molecule has 0 atom stereocenters. The van der Waals surface area contributed by atoms with Gasteiger partial charge in [0.2, 0.25) is 10.0 Å². The monoisotopic (exact) mass is 486 g/mol. The second kappa shape index (κ2) is 9.74. The minimum atomic E-state index is -3.72. The molecule has 0 radical (unpaired) electrons. The van der Waals surface area contributed by atoms with Crippen LogP contribution in [0.2, 0.25) is 5.02 Å². The van der Waals surface area contributed by atoms with E-state index in [-0.39, 0.29) is 4.90 Å². The van der Waals surface area contributed by atoms with Crippen LogP contribution in [0, 0.1) is 0 Å². The normalized spacial score (nSPS) is 11.4. The zero-order valence-electron chi connectivity index (χ0n) is 16.8. The zero-order valence-corrected chi connectivity index (χ0v) is 19.1. The van der Waals surface area contributed by atoms with E-state index in [0.29, 0.717) is 23.1 Å². The van der Waals surface area contributed by atoms with Crippen molar-refractivity contribution in [1.82, 2.24) is 14.8 Å². The van der Waals surface area contributed by atoms with Crippen LogP contribution in [-0.2, 0) is 10.0 Å². The molecule has 10 heteroatoms. The van der Waals surface area contributed by atoms with Gasteiger partial charge in [-0.25, -0.2) is 13.6 Å². The van der Waals surface area contributed by atoms with E-state index in [2.05, 4.69) is 10.2 Å². The van der Waals surface area contributed by atoms with E-state index in [4.69, 9.17) is 21.5 Å². The summed E-state index contributed by atoms with van der Waals surface area (Å²) >= 11 is 7.54. The minimum Gasteiger partial charge on any atom is -0.493 e. The summed E-state index contributed by atoms with van der Waals surface area (Å²) in [6, 6.07) is 23.3. The third-order valence-corrected chi connectivity index (χ3v) is 6.56. The Balaban J connectivity index is 1.48. The van der Waals surface area contributed by atoms with Gasteiger partial charge < -0.3 is 4.74 Å². The van der Waals surface area contributed by atoms with E-state index in [9.17, 15) is 8.42 Å². The molecule has 164 valence electrons. The first-order chi connectivity index (χ1) is 15.4. The Bertz CT molecular complexity index is 1290. The molecule has 0 fully saturated rings. The molecular weight excluding hydrogens is 468 g/mol. The fraction of sp³-hybridized carbons (Fsp3) is 0.0909. The molecule has 3 aromatic carbocycles. The molecule has 0 aliphatic heterocycles. The van der Waals surface area contributed by atoms with Crippen molar-refractivity contribution in [3.05, 3.63) is 83.9 Å². The predicted molar refractivity (Wildman–Crippen MR) is 126 cm³/mol. The average molecular weight is 487 g/mol. The van der Waals surface area contributed by atoms with Gasteiger partial charge >= 0.3 is 0 Å².